The standard InChI is InChI=1S/C11H26NO/c1-6-8-11(13-9-7-2)10-12(3,4)5/h11H,6-10H2,1-5H3/q+1. The van der Waals surface area contributed by atoms with E-state index >= 15 is 0 Å². The number of ether oxygens (including phenoxy) is 1. The summed E-state index contributed by atoms with van der Waals surface area (Å²) in [7, 11) is 6.66. The molecule has 0 spiro atoms. The Kier molecular flexibility index (Phi) is 6.35. The molecule has 0 aromatic rings. The van der Waals surface area contributed by atoms with Crippen LogP contribution in [0, 0.1) is 0 Å². The maximum absolute atomic E-state index is 5.79. The van der Waals surface area contributed by atoms with E-state index < -0.39 is 0 Å². The lowest BCUT2D eigenvalue weighted by atomic mass is 10.2. The van der Waals surface area contributed by atoms with Gasteiger partial charge in [-0.3, -0.25) is 0 Å². The first-order valence-electron chi connectivity index (χ1n) is 5.41. The van der Waals surface area contributed by atoms with Crippen LogP contribution in [0.15, 0.2) is 0 Å². The molecule has 80 valence electrons. The van der Waals surface area contributed by atoms with Gasteiger partial charge >= 0.3 is 0 Å². The minimum Gasteiger partial charge on any atom is -0.372 e. The molecule has 0 bridgehead atoms. The van der Waals surface area contributed by atoms with Gasteiger partial charge in [0.05, 0.1) is 21.1 Å². The SMILES string of the molecule is CCCOC(CCC)C[N+](C)(C)C. The fourth-order valence-electron chi connectivity index (χ4n) is 1.44. The molecule has 2 heteroatoms. The second kappa shape index (κ2) is 6.39. The monoisotopic (exact) mass is 188 g/mol. The number of nitrogens with zero attached hydrogens (tertiary/aromatic N) is 1. The maximum atomic E-state index is 5.79. The van der Waals surface area contributed by atoms with Crippen LogP contribution in [0.25, 0.3) is 0 Å². The highest BCUT2D eigenvalue weighted by molar-refractivity contribution is 4.55. The van der Waals surface area contributed by atoms with E-state index in [1.165, 1.54) is 12.8 Å². The van der Waals surface area contributed by atoms with E-state index in [-0.39, 0.29) is 0 Å². The topological polar surface area (TPSA) is 9.23 Å². The molecule has 0 aliphatic rings. The third-order valence-corrected chi connectivity index (χ3v) is 1.92. The van der Waals surface area contributed by atoms with Gasteiger partial charge in [0.15, 0.2) is 0 Å². The molecule has 0 aliphatic carbocycles. The average Bonchev–Trinajstić information content (AvgIpc) is 1.98. The van der Waals surface area contributed by atoms with Gasteiger partial charge in [-0.1, -0.05) is 20.3 Å². The molecule has 0 aromatic carbocycles. The lowest BCUT2D eigenvalue weighted by molar-refractivity contribution is -0.873. The fourth-order valence-corrected chi connectivity index (χ4v) is 1.44. The Hall–Kier alpha value is -0.0800. The number of quaternary nitrogens is 1. The molecular weight excluding hydrogens is 162 g/mol. The Balaban J connectivity index is 3.79. The molecule has 13 heavy (non-hydrogen) atoms. The van der Waals surface area contributed by atoms with Gasteiger partial charge in [0.25, 0.3) is 0 Å². The molecule has 0 heterocycles. The molecule has 0 saturated heterocycles. The molecular formula is C11H26NO+. The van der Waals surface area contributed by atoms with Gasteiger partial charge in [-0.2, -0.15) is 0 Å². The van der Waals surface area contributed by atoms with E-state index in [4.69, 9.17) is 4.74 Å². The second-order valence-corrected chi connectivity index (χ2v) is 4.75. The van der Waals surface area contributed by atoms with Crippen molar-refractivity contribution in [2.75, 3.05) is 34.3 Å². The molecule has 1 unspecified atom stereocenters. The van der Waals surface area contributed by atoms with Crippen molar-refractivity contribution < 1.29 is 9.22 Å². The Morgan fingerprint density at radius 3 is 2.08 bits per heavy atom. The third-order valence-electron chi connectivity index (χ3n) is 1.92. The van der Waals surface area contributed by atoms with Crippen LogP contribution >= 0.6 is 0 Å². The summed E-state index contributed by atoms with van der Waals surface area (Å²) in [6.07, 6.45) is 3.98. The predicted octanol–water partition coefficient (Wildman–Crippen LogP) is 2.29. The third kappa shape index (κ3) is 8.26. The normalized spacial score (nSPS) is 14.5. The molecule has 0 fully saturated rings. The molecule has 0 radical (unpaired) electrons. The van der Waals surface area contributed by atoms with Gasteiger partial charge in [-0.15, -0.1) is 0 Å². The average molecular weight is 188 g/mol. The quantitative estimate of drug-likeness (QED) is 0.557. The number of rotatable bonds is 7. The summed E-state index contributed by atoms with van der Waals surface area (Å²) in [4.78, 5) is 0. The highest BCUT2D eigenvalue weighted by Gasteiger charge is 2.17. The van der Waals surface area contributed by atoms with E-state index in [1.807, 2.05) is 0 Å². The minimum atomic E-state index is 0.449. The zero-order chi connectivity index (χ0) is 10.3. The molecule has 0 aromatic heterocycles. The molecule has 0 N–H and O–H groups in total. The summed E-state index contributed by atoms with van der Waals surface area (Å²) in [5.41, 5.74) is 0. The van der Waals surface area contributed by atoms with Crippen LogP contribution < -0.4 is 0 Å². The maximum Gasteiger partial charge on any atom is 0.106 e. The molecule has 0 aliphatic heterocycles. The zero-order valence-corrected chi connectivity index (χ0v) is 9.97. The van der Waals surface area contributed by atoms with Gasteiger partial charge in [0.2, 0.25) is 0 Å². The first-order chi connectivity index (χ1) is 5.99. The Bertz CT molecular complexity index is 118. The summed E-state index contributed by atoms with van der Waals surface area (Å²) in [5, 5.41) is 0. The van der Waals surface area contributed by atoms with Crippen LogP contribution in [0.5, 0.6) is 0 Å². The van der Waals surface area contributed by atoms with Crippen LogP contribution in [0.3, 0.4) is 0 Å². The van der Waals surface area contributed by atoms with E-state index in [1.54, 1.807) is 0 Å². The predicted molar refractivity (Wildman–Crippen MR) is 57.8 cm³/mol. The van der Waals surface area contributed by atoms with Crippen LogP contribution in [-0.4, -0.2) is 44.9 Å². The van der Waals surface area contributed by atoms with Gasteiger partial charge in [0.1, 0.15) is 12.6 Å². The fraction of sp³-hybridized carbons (Fsp3) is 1.00. The first-order valence-corrected chi connectivity index (χ1v) is 5.41. The largest absolute Gasteiger partial charge is 0.372 e. The van der Waals surface area contributed by atoms with Gasteiger partial charge in [-0.25, -0.2) is 0 Å². The number of likely N-dealkylation sites (N-methyl/N-ethyl adjacent to an activating group) is 1. The lowest BCUT2D eigenvalue weighted by Gasteiger charge is -2.29. The molecule has 0 amide bonds. The Morgan fingerprint density at radius 2 is 1.69 bits per heavy atom. The first kappa shape index (κ1) is 12.9. The number of hydrogen-bond donors (Lipinski definition) is 0. The van der Waals surface area contributed by atoms with Gasteiger partial charge in [0, 0.05) is 6.61 Å². The number of hydrogen-bond acceptors (Lipinski definition) is 1. The van der Waals surface area contributed by atoms with E-state index in [2.05, 4.69) is 35.0 Å². The second-order valence-electron chi connectivity index (χ2n) is 4.75. The molecule has 0 rings (SSSR count). The highest BCUT2D eigenvalue weighted by atomic mass is 16.5. The summed E-state index contributed by atoms with van der Waals surface area (Å²) in [5.74, 6) is 0. The summed E-state index contributed by atoms with van der Waals surface area (Å²) < 4.78 is 6.79. The minimum absolute atomic E-state index is 0.449. The van der Waals surface area contributed by atoms with Gasteiger partial charge < -0.3 is 9.22 Å². The van der Waals surface area contributed by atoms with Gasteiger partial charge in [-0.05, 0) is 12.8 Å². The van der Waals surface area contributed by atoms with Crippen LogP contribution in [0.2, 0.25) is 0 Å². The Morgan fingerprint density at radius 1 is 1.08 bits per heavy atom. The van der Waals surface area contributed by atoms with E-state index in [0.29, 0.717) is 6.10 Å². The van der Waals surface area contributed by atoms with Crippen molar-refractivity contribution >= 4 is 0 Å². The van der Waals surface area contributed by atoms with E-state index in [0.717, 1.165) is 24.1 Å². The van der Waals surface area contributed by atoms with Crippen molar-refractivity contribution in [1.82, 2.24) is 0 Å². The van der Waals surface area contributed by atoms with Crippen molar-refractivity contribution in [1.29, 1.82) is 0 Å². The Labute approximate surface area is 83.5 Å². The molecule has 2 nitrogen and oxygen atoms in total. The van der Waals surface area contributed by atoms with Crippen LogP contribution in [0.1, 0.15) is 33.1 Å². The van der Waals surface area contributed by atoms with Crippen LogP contribution in [-0.2, 0) is 4.74 Å². The lowest BCUT2D eigenvalue weighted by Crippen LogP contribution is -2.42. The smallest absolute Gasteiger partial charge is 0.106 e. The zero-order valence-electron chi connectivity index (χ0n) is 9.97. The van der Waals surface area contributed by atoms with E-state index in [9.17, 15) is 0 Å². The highest BCUT2D eigenvalue weighted by Crippen LogP contribution is 2.07. The summed E-state index contributed by atoms with van der Waals surface area (Å²) in [6, 6.07) is 0. The molecule has 0 saturated carbocycles. The molecule has 1 atom stereocenters. The van der Waals surface area contributed by atoms with Crippen LogP contribution in [0.4, 0.5) is 0 Å². The van der Waals surface area contributed by atoms with Crippen molar-refractivity contribution in [3.63, 3.8) is 0 Å². The van der Waals surface area contributed by atoms with Crippen molar-refractivity contribution in [3.8, 4) is 0 Å². The van der Waals surface area contributed by atoms with Crippen molar-refractivity contribution in [3.05, 3.63) is 0 Å². The van der Waals surface area contributed by atoms with Crippen molar-refractivity contribution in [2.45, 2.75) is 39.2 Å². The summed E-state index contributed by atoms with van der Waals surface area (Å²) >= 11 is 0. The summed E-state index contributed by atoms with van der Waals surface area (Å²) in [6.45, 7) is 6.41. The van der Waals surface area contributed by atoms with Crippen molar-refractivity contribution in [2.24, 2.45) is 0 Å².